The average Bonchev–Trinajstić information content (AvgIpc) is 2.37. The Kier molecular flexibility index (Phi) is 7.06. The van der Waals surface area contributed by atoms with E-state index in [1.165, 1.54) is 0 Å². The third-order valence-corrected chi connectivity index (χ3v) is 3.31. The molecule has 0 aliphatic rings. The molecule has 0 unspecified atom stereocenters. The van der Waals surface area contributed by atoms with Crippen LogP contribution in [0.4, 0.5) is 5.95 Å². The SMILES string of the molecule is CCC(CC)N(CCCl)c1nc(C)cc(OC(C)C)n1. The standard InChI is InChI=1S/C15H26ClN3O/c1-6-13(7-2)19(9-8-16)15-17-12(5)10-14(18-15)20-11(3)4/h10-11,13H,6-9H2,1-5H3. The Labute approximate surface area is 127 Å². The van der Waals surface area contributed by atoms with Crippen LogP contribution in [0.2, 0.25) is 0 Å². The number of rotatable bonds is 8. The minimum atomic E-state index is 0.103. The van der Waals surface area contributed by atoms with Crippen LogP contribution in [0.15, 0.2) is 6.07 Å². The molecule has 0 N–H and O–H groups in total. The molecule has 1 rings (SSSR count). The van der Waals surface area contributed by atoms with Crippen LogP contribution in [0, 0.1) is 6.92 Å². The molecule has 1 aromatic heterocycles. The fourth-order valence-corrected chi connectivity index (χ4v) is 2.40. The van der Waals surface area contributed by atoms with E-state index in [0.29, 0.717) is 17.8 Å². The average molecular weight is 300 g/mol. The van der Waals surface area contributed by atoms with Crippen LogP contribution in [0.25, 0.3) is 0 Å². The van der Waals surface area contributed by atoms with Crippen molar-refractivity contribution in [1.29, 1.82) is 0 Å². The summed E-state index contributed by atoms with van der Waals surface area (Å²) in [5.74, 6) is 1.91. The summed E-state index contributed by atoms with van der Waals surface area (Å²) in [5.41, 5.74) is 0.913. The van der Waals surface area contributed by atoms with Gasteiger partial charge in [0.1, 0.15) is 0 Å². The topological polar surface area (TPSA) is 38.2 Å². The summed E-state index contributed by atoms with van der Waals surface area (Å²) in [6.45, 7) is 11.1. The van der Waals surface area contributed by atoms with Gasteiger partial charge >= 0.3 is 0 Å². The lowest BCUT2D eigenvalue weighted by molar-refractivity contribution is 0.232. The highest BCUT2D eigenvalue weighted by molar-refractivity contribution is 6.18. The van der Waals surface area contributed by atoms with Crippen molar-refractivity contribution in [1.82, 2.24) is 9.97 Å². The number of hydrogen-bond acceptors (Lipinski definition) is 4. The van der Waals surface area contributed by atoms with Crippen molar-refractivity contribution < 1.29 is 4.74 Å². The molecular formula is C15H26ClN3O. The number of ether oxygens (including phenoxy) is 1. The normalized spacial score (nSPS) is 11.2. The van der Waals surface area contributed by atoms with E-state index in [4.69, 9.17) is 16.3 Å². The lowest BCUT2D eigenvalue weighted by Gasteiger charge is -2.30. The van der Waals surface area contributed by atoms with Gasteiger partial charge in [0.05, 0.1) is 6.10 Å². The van der Waals surface area contributed by atoms with Crippen molar-refractivity contribution in [2.45, 2.75) is 59.6 Å². The molecule has 0 aromatic carbocycles. The van der Waals surface area contributed by atoms with Gasteiger partial charge in [0.15, 0.2) is 0 Å². The summed E-state index contributed by atoms with van der Waals surface area (Å²) in [6.07, 6.45) is 2.20. The zero-order valence-electron chi connectivity index (χ0n) is 13.2. The van der Waals surface area contributed by atoms with E-state index in [2.05, 4.69) is 28.7 Å². The van der Waals surface area contributed by atoms with E-state index in [1.807, 2.05) is 26.8 Å². The van der Waals surface area contributed by atoms with Gasteiger partial charge in [-0.1, -0.05) is 13.8 Å². The second kappa shape index (κ2) is 8.30. The van der Waals surface area contributed by atoms with Gasteiger partial charge in [-0.3, -0.25) is 0 Å². The zero-order valence-corrected chi connectivity index (χ0v) is 13.9. The highest BCUT2D eigenvalue weighted by Gasteiger charge is 2.19. The number of hydrogen-bond donors (Lipinski definition) is 0. The van der Waals surface area contributed by atoms with Crippen molar-refractivity contribution in [3.63, 3.8) is 0 Å². The Hall–Kier alpha value is -1.03. The quantitative estimate of drug-likeness (QED) is 0.684. The lowest BCUT2D eigenvalue weighted by atomic mass is 10.1. The predicted molar refractivity (Wildman–Crippen MR) is 85.0 cm³/mol. The number of halogens is 1. The van der Waals surface area contributed by atoms with Gasteiger partial charge in [0.25, 0.3) is 0 Å². The van der Waals surface area contributed by atoms with Crippen molar-refractivity contribution in [3.05, 3.63) is 11.8 Å². The number of aryl methyl sites for hydroxylation is 1. The Balaban J connectivity index is 3.08. The summed E-state index contributed by atoms with van der Waals surface area (Å²) in [7, 11) is 0. The molecule has 0 atom stereocenters. The summed E-state index contributed by atoms with van der Waals surface area (Å²) in [5, 5.41) is 0. The molecule has 0 aliphatic carbocycles. The van der Waals surface area contributed by atoms with Gasteiger partial charge in [-0.25, -0.2) is 4.98 Å². The van der Waals surface area contributed by atoms with Gasteiger partial charge in [-0.2, -0.15) is 4.98 Å². The molecule has 0 saturated carbocycles. The molecule has 0 fully saturated rings. The number of nitrogens with zero attached hydrogens (tertiary/aromatic N) is 3. The Morgan fingerprint density at radius 2 is 1.90 bits per heavy atom. The van der Waals surface area contributed by atoms with Crippen LogP contribution in [0.5, 0.6) is 5.88 Å². The van der Waals surface area contributed by atoms with Crippen LogP contribution >= 0.6 is 11.6 Å². The van der Waals surface area contributed by atoms with E-state index in [1.54, 1.807) is 0 Å². The van der Waals surface area contributed by atoms with Gasteiger partial charge in [0, 0.05) is 30.2 Å². The van der Waals surface area contributed by atoms with E-state index in [-0.39, 0.29) is 6.10 Å². The summed E-state index contributed by atoms with van der Waals surface area (Å²) >= 11 is 5.94. The maximum absolute atomic E-state index is 5.94. The van der Waals surface area contributed by atoms with Crippen molar-refractivity contribution in [2.75, 3.05) is 17.3 Å². The minimum absolute atomic E-state index is 0.103. The molecule has 0 saturated heterocycles. The molecule has 0 amide bonds. The fraction of sp³-hybridized carbons (Fsp3) is 0.733. The van der Waals surface area contributed by atoms with Crippen LogP contribution in [-0.4, -0.2) is 34.5 Å². The highest BCUT2D eigenvalue weighted by Crippen LogP contribution is 2.21. The first-order valence-corrected chi connectivity index (χ1v) is 7.90. The Morgan fingerprint density at radius 1 is 1.25 bits per heavy atom. The van der Waals surface area contributed by atoms with E-state index >= 15 is 0 Å². The smallest absolute Gasteiger partial charge is 0.229 e. The van der Waals surface area contributed by atoms with Gasteiger partial charge in [-0.15, -0.1) is 11.6 Å². The molecule has 0 radical (unpaired) electrons. The molecule has 1 aromatic rings. The zero-order chi connectivity index (χ0) is 15.1. The van der Waals surface area contributed by atoms with Crippen LogP contribution in [0.1, 0.15) is 46.2 Å². The molecule has 114 valence electrons. The lowest BCUT2D eigenvalue weighted by Crippen LogP contribution is -2.37. The third kappa shape index (κ3) is 4.82. The Morgan fingerprint density at radius 3 is 2.40 bits per heavy atom. The fourth-order valence-electron chi connectivity index (χ4n) is 2.22. The van der Waals surface area contributed by atoms with E-state index in [9.17, 15) is 0 Å². The van der Waals surface area contributed by atoms with Gasteiger partial charge in [-0.05, 0) is 33.6 Å². The van der Waals surface area contributed by atoms with Crippen molar-refractivity contribution in [2.24, 2.45) is 0 Å². The van der Waals surface area contributed by atoms with Crippen LogP contribution < -0.4 is 9.64 Å². The molecule has 0 bridgehead atoms. The van der Waals surface area contributed by atoms with E-state index < -0.39 is 0 Å². The first-order valence-electron chi connectivity index (χ1n) is 7.36. The van der Waals surface area contributed by atoms with Crippen molar-refractivity contribution >= 4 is 17.5 Å². The molecule has 1 heterocycles. The maximum Gasteiger partial charge on any atom is 0.229 e. The van der Waals surface area contributed by atoms with Crippen LogP contribution in [-0.2, 0) is 0 Å². The number of aromatic nitrogens is 2. The van der Waals surface area contributed by atoms with Gasteiger partial charge < -0.3 is 9.64 Å². The molecular weight excluding hydrogens is 274 g/mol. The Bertz CT molecular complexity index is 408. The molecule has 20 heavy (non-hydrogen) atoms. The maximum atomic E-state index is 5.94. The first kappa shape index (κ1) is 17.0. The molecule has 4 nitrogen and oxygen atoms in total. The third-order valence-electron chi connectivity index (χ3n) is 3.14. The second-order valence-corrected chi connectivity index (χ2v) is 5.54. The molecule has 0 aliphatic heterocycles. The first-order chi connectivity index (χ1) is 9.51. The minimum Gasteiger partial charge on any atom is -0.475 e. The van der Waals surface area contributed by atoms with Crippen molar-refractivity contribution in [3.8, 4) is 5.88 Å². The number of anilines is 1. The largest absolute Gasteiger partial charge is 0.475 e. The molecule has 0 spiro atoms. The summed E-state index contributed by atoms with van der Waals surface area (Å²) in [4.78, 5) is 11.3. The summed E-state index contributed by atoms with van der Waals surface area (Å²) in [6, 6.07) is 2.28. The van der Waals surface area contributed by atoms with E-state index in [0.717, 1.165) is 31.0 Å². The summed E-state index contributed by atoms with van der Waals surface area (Å²) < 4.78 is 5.70. The predicted octanol–water partition coefficient (Wildman–Crippen LogP) is 3.81. The highest BCUT2D eigenvalue weighted by atomic mass is 35.5. The molecule has 5 heteroatoms. The van der Waals surface area contributed by atoms with Crippen LogP contribution in [0.3, 0.4) is 0 Å². The van der Waals surface area contributed by atoms with Gasteiger partial charge in [0.2, 0.25) is 11.8 Å². The second-order valence-electron chi connectivity index (χ2n) is 5.17. The number of alkyl halides is 1. The monoisotopic (exact) mass is 299 g/mol.